The van der Waals surface area contributed by atoms with Crippen LogP contribution < -0.4 is 5.32 Å². The van der Waals surface area contributed by atoms with Gasteiger partial charge in [-0.2, -0.15) is 0 Å². The van der Waals surface area contributed by atoms with Crippen molar-refractivity contribution in [1.82, 2.24) is 9.72 Å². The molecular weight excluding hydrogens is 280 g/mol. The molecule has 2 nitrogen and oxygen atoms in total. The van der Waals surface area contributed by atoms with Gasteiger partial charge in [0, 0.05) is 24.0 Å². The second kappa shape index (κ2) is 6.59. The van der Waals surface area contributed by atoms with Gasteiger partial charge in [0.2, 0.25) is 0 Å². The third-order valence-electron chi connectivity index (χ3n) is 4.99. The summed E-state index contributed by atoms with van der Waals surface area (Å²) < 4.78 is 2.43. The van der Waals surface area contributed by atoms with Crippen molar-refractivity contribution in [3.8, 4) is 0 Å². The number of hydrogen-bond donors (Lipinski definition) is 1. The lowest BCUT2D eigenvalue weighted by atomic mass is 9.93. The van der Waals surface area contributed by atoms with Crippen LogP contribution in [0.1, 0.15) is 35.2 Å². The fourth-order valence-electron chi connectivity index (χ4n) is 3.88. The largest absolute Gasteiger partial charge is 0.320 e. The van der Waals surface area contributed by atoms with E-state index in [9.17, 15) is 0 Å². The summed E-state index contributed by atoms with van der Waals surface area (Å²) in [7, 11) is 0. The van der Waals surface area contributed by atoms with Crippen molar-refractivity contribution in [2.45, 2.75) is 38.6 Å². The molecule has 23 heavy (non-hydrogen) atoms. The minimum absolute atomic E-state index is 0.953. The van der Waals surface area contributed by atoms with E-state index in [1.54, 1.807) is 16.8 Å². The Morgan fingerprint density at radius 3 is 2.65 bits per heavy atom. The molecule has 0 fully saturated rings. The maximum atomic E-state index is 3.60. The summed E-state index contributed by atoms with van der Waals surface area (Å²) >= 11 is 0. The zero-order chi connectivity index (χ0) is 15.5. The number of aromatic nitrogens is 1. The van der Waals surface area contributed by atoms with Gasteiger partial charge in [0.05, 0.1) is 0 Å². The second-order valence-electron chi connectivity index (χ2n) is 6.48. The number of aryl methyl sites for hydroxylation is 1. The van der Waals surface area contributed by atoms with E-state index in [-0.39, 0.29) is 0 Å². The van der Waals surface area contributed by atoms with Gasteiger partial charge in [0.1, 0.15) is 0 Å². The highest BCUT2D eigenvalue weighted by molar-refractivity contribution is 5.62. The second-order valence-corrected chi connectivity index (χ2v) is 6.48. The molecule has 0 unspecified atom stereocenters. The Morgan fingerprint density at radius 1 is 0.913 bits per heavy atom. The van der Waals surface area contributed by atoms with Crippen LogP contribution >= 0.6 is 0 Å². The quantitative estimate of drug-likeness (QED) is 0.700. The molecule has 0 spiro atoms. The van der Waals surface area contributed by atoms with E-state index in [2.05, 4.69) is 64.4 Å². The van der Waals surface area contributed by atoms with Crippen LogP contribution in [0.4, 0.5) is 0 Å². The van der Waals surface area contributed by atoms with Gasteiger partial charge >= 0.3 is 0 Å². The molecule has 1 N–H and O–H groups in total. The molecule has 4 rings (SSSR count). The number of rotatable bonds is 5. The molecule has 118 valence electrons. The molecule has 0 aliphatic heterocycles. The van der Waals surface area contributed by atoms with E-state index in [1.807, 2.05) is 0 Å². The van der Waals surface area contributed by atoms with E-state index in [1.165, 1.54) is 36.8 Å². The Bertz CT molecular complexity index is 786. The highest BCUT2D eigenvalue weighted by atomic mass is 14.9. The zero-order valence-electron chi connectivity index (χ0n) is 13.6. The number of nitrogens with zero attached hydrogens (tertiary/aromatic N) is 1. The molecule has 2 aromatic heterocycles. The van der Waals surface area contributed by atoms with Crippen LogP contribution in [0.15, 0.2) is 54.7 Å². The molecular formula is C21H24N2. The molecule has 0 saturated carbocycles. The van der Waals surface area contributed by atoms with Gasteiger partial charge in [-0.25, -0.2) is 0 Å². The predicted octanol–water partition coefficient (Wildman–Crippen LogP) is 4.15. The lowest BCUT2D eigenvalue weighted by Crippen LogP contribution is -2.17. The molecule has 1 aliphatic rings. The number of pyridine rings is 1. The maximum Gasteiger partial charge on any atom is 0.0488 e. The van der Waals surface area contributed by atoms with Crippen molar-refractivity contribution in [2.75, 3.05) is 6.54 Å². The first-order valence-electron chi connectivity index (χ1n) is 8.78. The average Bonchev–Trinajstić information content (AvgIpc) is 2.94. The third-order valence-corrected chi connectivity index (χ3v) is 4.99. The van der Waals surface area contributed by atoms with Gasteiger partial charge in [-0.05, 0) is 67.5 Å². The summed E-state index contributed by atoms with van der Waals surface area (Å²) in [4.78, 5) is 0. The molecule has 0 atom stereocenters. The van der Waals surface area contributed by atoms with Crippen molar-refractivity contribution in [3.63, 3.8) is 0 Å². The molecule has 0 saturated heterocycles. The Hall–Kier alpha value is -2.06. The Labute approximate surface area is 138 Å². The van der Waals surface area contributed by atoms with Crippen LogP contribution in [0.5, 0.6) is 0 Å². The molecule has 2 heteroatoms. The monoisotopic (exact) mass is 304 g/mol. The fourth-order valence-corrected chi connectivity index (χ4v) is 3.88. The number of hydrogen-bond acceptors (Lipinski definition) is 1. The van der Waals surface area contributed by atoms with Gasteiger partial charge in [-0.15, -0.1) is 0 Å². The molecule has 1 aromatic carbocycles. The van der Waals surface area contributed by atoms with Crippen LogP contribution in [0.2, 0.25) is 0 Å². The average molecular weight is 304 g/mol. The van der Waals surface area contributed by atoms with Crippen molar-refractivity contribution in [3.05, 3.63) is 77.1 Å². The summed E-state index contributed by atoms with van der Waals surface area (Å²) in [6, 6.07) is 17.3. The van der Waals surface area contributed by atoms with Gasteiger partial charge in [0.15, 0.2) is 0 Å². The lowest BCUT2D eigenvalue weighted by molar-refractivity contribution is 0.656. The summed E-state index contributed by atoms with van der Waals surface area (Å²) in [5, 5.41) is 3.60. The van der Waals surface area contributed by atoms with Gasteiger partial charge in [-0.3, -0.25) is 0 Å². The summed E-state index contributed by atoms with van der Waals surface area (Å²) in [6.45, 7) is 1.99. The van der Waals surface area contributed by atoms with Crippen molar-refractivity contribution in [1.29, 1.82) is 0 Å². The molecule has 3 aromatic rings. The summed E-state index contributed by atoms with van der Waals surface area (Å²) in [5.74, 6) is 0. The molecule has 2 heterocycles. The van der Waals surface area contributed by atoms with Crippen LogP contribution in [0, 0.1) is 0 Å². The third kappa shape index (κ3) is 2.91. The zero-order valence-corrected chi connectivity index (χ0v) is 13.6. The SMILES string of the molecule is c1ccc(CNCCc2c3c(n4ccccc24)CCCC3)cc1. The minimum atomic E-state index is 0.953. The van der Waals surface area contributed by atoms with E-state index >= 15 is 0 Å². The van der Waals surface area contributed by atoms with E-state index in [4.69, 9.17) is 0 Å². The van der Waals surface area contributed by atoms with E-state index < -0.39 is 0 Å². The Balaban J connectivity index is 1.50. The number of nitrogens with one attached hydrogen (secondary N) is 1. The first-order chi connectivity index (χ1) is 11.4. The lowest BCUT2D eigenvalue weighted by Gasteiger charge is -2.13. The first kappa shape index (κ1) is 14.5. The van der Waals surface area contributed by atoms with Gasteiger partial charge < -0.3 is 9.72 Å². The summed E-state index contributed by atoms with van der Waals surface area (Å²) in [5.41, 5.74) is 7.53. The van der Waals surface area contributed by atoms with Gasteiger partial charge in [0.25, 0.3) is 0 Å². The Kier molecular flexibility index (Phi) is 4.16. The van der Waals surface area contributed by atoms with Crippen molar-refractivity contribution < 1.29 is 0 Å². The molecule has 1 aliphatic carbocycles. The molecule has 0 radical (unpaired) electrons. The highest BCUT2D eigenvalue weighted by Gasteiger charge is 2.19. The summed E-state index contributed by atoms with van der Waals surface area (Å²) in [6.07, 6.45) is 8.52. The number of fused-ring (bicyclic) bond motifs is 3. The maximum absolute atomic E-state index is 3.60. The number of benzene rings is 1. The fraction of sp³-hybridized carbons (Fsp3) is 0.333. The van der Waals surface area contributed by atoms with Gasteiger partial charge in [-0.1, -0.05) is 36.4 Å². The highest BCUT2D eigenvalue weighted by Crippen LogP contribution is 2.30. The van der Waals surface area contributed by atoms with E-state index in [0.29, 0.717) is 0 Å². The van der Waals surface area contributed by atoms with Crippen LogP contribution in [-0.2, 0) is 25.8 Å². The van der Waals surface area contributed by atoms with Crippen LogP contribution in [-0.4, -0.2) is 10.9 Å². The minimum Gasteiger partial charge on any atom is -0.320 e. The standard InChI is InChI=1S/C21H24N2/c1-2-8-17(9-3-1)16-22-14-13-19-18-10-4-5-11-20(18)23-15-7-6-12-21(19)23/h1-3,6-9,12,15,22H,4-5,10-11,13-14,16H2. The Morgan fingerprint density at radius 2 is 1.74 bits per heavy atom. The molecule has 0 amide bonds. The normalized spacial score (nSPS) is 14.1. The van der Waals surface area contributed by atoms with Crippen LogP contribution in [0.25, 0.3) is 5.52 Å². The first-order valence-corrected chi connectivity index (χ1v) is 8.78. The van der Waals surface area contributed by atoms with Crippen molar-refractivity contribution in [2.24, 2.45) is 0 Å². The smallest absolute Gasteiger partial charge is 0.0488 e. The van der Waals surface area contributed by atoms with Crippen molar-refractivity contribution >= 4 is 5.52 Å². The van der Waals surface area contributed by atoms with Crippen LogP contribution in [0.3, 0.4) is 0 Å². The topological polar surface area (TPSA) is 16.4 Å². The van der Waals surface area contributed by atoms with E-state index in [0.717, 1.165) is 19.5 Å². The predicted molar refractivity (Wildman–Crippen MR) is 95.9 cm³/mol. The molecule has 0 bridgehead atoms.